The van der Waals surface area contributed by atoms with Crippen molar-refractivity contribution in [2.45, 2.75) is 0 Å². The van der Waals surface area contributed by atoms with Crippen LogP contribution in [0.2, 0.25) is 0 Å². The number of ether oxygens (including phenoxy) is 2. The molecule has 0 aliphatic carbocycles. The summed E-state index contributed by atoms with van der Waals surface area (Å²) in [6.07, 6.45) is 1.20. The predicted molar refractivity (Wildman–Crippen MR) is 91.0 cm³/mol. The van der Waals surface area contributed by atoms with E-state index in [9.17, 15) is 13.2 Å². The molecule has 8 nitrogen and oxygen atoms in total. The molecule has 9 heteroatoms. The maximum Gasteiger partial charge on any atom is 0.238 e. The predicted octanol–water partition coefficient (Wildman–Crippen LogP) is 0.220. The first-order chi connectivity index (χ1) is 11.3. The van der Waals surface area contributed by atoms with E-state index in [1.165, 1.54) is 17.7 Å². The molecular weight excluding hydrogens is 334 g/mol. The lowest BCUT2D eigenvalue weighted by atomic mass is 10.2. The lowest BCUT2D eigenvalue weighted by molar-refractivity contribution is -0.117. The van der Waals surface area contributed by atoms with Gasteiger partial charge in [0.15, 0.2) is 0 Å². The summed E-state index contributed by atoms with van der Waals surface area (Å²) in [6, 6.07) is 5.16. The summed E-state index contributed by atoms with van der Waals surface area (Å²) in [5.74, 6) is 0.980. The number of hydrogen-bond acceptors (Lipinski definition) is 6. The number of benzene rings is 1. The Labute approximate surface area is 142 Å². The fraction of sp³-hybridized carbons (Fsp3) is 0.533. The largest absolute Gasteiger partial charge is 0.497 e. The van der Waals surface area contributed by atoms with Crippen molar-refractivity contribution in [2.24, 2.45) is 0 Å². The van der Waals surface area contributed by atoms with Crippen LogP contribution < -0.4 is 14.8 Å². The summed E-state index contributed by atoms with van der Waals surface area (Å²) in [6.45, 7) is 2.03. The van der Waals surface area contributed by atoms with Gasteiger partial charge in [-0.05, 0) is 12.1 Å². The molecule has 1 aromatic carbocycles. The Morgan fingerprint density at radius 1 is 1.17 bits per heavy atom. The molecule has 0 saturated carbocycles. The van der Waals surface area contributed by atoms with Crippen molar-refractivity contribution < 1.29 is 22.7 Å². The highest BCUT2D eigenvalue weighted by Gasteiger charge is 2.24. The topological polar surface area (TPSA) is 88.2 Å². The van der Waals surface area contributed by atoms with E-state index >= 15 is 0 Å². The highest BCUT2D eigenvalue weighted by molar-refractivity contribution is 7.88. The van der Waals surface area contributed by atoms with Crippen molar-refractivity contribution in [1.29, 1.82) is 0 Å². The molecule has 0 radical (unpaired) electrons. The fourth-order valence-electron chi connectivity index (χ4n) is 2.52. The SMILES string of the molecule is COc1ccc(OC)c(NC(=O)CN2CCN(S(C)(=O)=O)CC2)c1. The molecule has 1 heterocycles. The van der Waals surface area contributed by atoms with Crippen LogP contribution in [0.4, 0.5) is 5.69 Å². The Bertz CT molecular complexity index is 684. The number of carbonyl (C=O) groups is 1. The molecule has 0 atom stereocenters. The van der Waals surface area contributed by atoms with Crippen molar-refractivity contribution in [2.75, 3.05) is 58.5 Å². The Morgan fingerprint density at radius 2 is 1.83 bits per heavy atom. The summed E-state index contributed by atoms with van der Waals surface area (Å²) >= 11 is 0. The van der Waals surface area contributed by atoms with Gasteiger partial charge in [0.25, 0.3) is 0 Å². The number of methoxy groups -OCH3 is 2. The van der Waals surface area contributed by atoms with Crippen LogP contribution in [0.3, 0.4) is 0 Å². The molecule has 1 fully saturated rings. The maximum atomic E-state index is 12.2. The average molecular weight is 357 g/mol. The average Bonchev–Trinajstić information content (AvgIpc) is 2.54. The zero-order valence-electron chi connectivity index (χ0n) is 14.1. The second-order valence-corrected chi connectivity index (χ2v) is 7.54. The molecule has 0 bridgehead atoms. The molecule has 0 unspecified atom stereocenters. The van der Waals surface area contributed by atoms with Crippen LogP contribution in [0.5, 0.6) is 11.5 Å². The van der Waals surface area contributed by atoms with Gasteiger partial charge >= 0.3 is 0 Å². The van der Waals surface area contributed by atoms with E-state index in [0.717, 1.165) is 0 Å². The Morgan fingerprint density at radius 3 is 2.38 bits per heavy atom. The van der Waals surface area contributed by atoms with Gasteiger partial charge in [-0.3, -0.25) is 9.69 Å². The van der Waals surface area contributed by atoms with E-state index in [0.29, 0.717) is 43.4 Å². The van der Waals surface area contributed by atoms with E-state index in [1.807, 2.05) is 4.90 Å². The first kappa shape index (κ1) is 18.5. The van der Waals surface area contributed by atoms with Crippen LogP contribution >= 0.6 is 0 Å². The van der Waals surface area contributed by atoms with Crippen LogP contribution in [0, 0.1) is 0 Å². The monoisotopic (exact) mass is 357 g/mol. The Kier molecular flexibility index (Phi) is 6.03. The number of amides is 1. The summed E-state index contributed by atoms with van der Waals surface area (Å²) in [5, 5.41) is 2.81. The molecule has 1 aromatic rings. The molecule has 0 aromatic heterocycles. The van der Waals surface area contributed by atoms with Gasteiger partial charge < -0.3 is 14.8 Å². The zero-order chi connectivity index (χ0) is 17.7. The minimum Gasteiger partial charge on any atom is -0.497 e. The van der Waals surface area contributed by atoms with E-state index in [-0.39, 0.29) is 12.5 Å². The first-order valence-electron chi connectivity index (χ1n) is 7.53. The van der Waals surface area contributed by atoms with Gasteiger partial charge in [0.1, 0.15) is 11.5 Å². The molecule has 1 aliphatic heterocycles. The second-order valence-electron chi connectivity index (χ2n) is 5.55. The summed E-state index contributed by atoms with van der Waals surface area (Å²) in [5.41, 5.74) is 0.539. The summed E-state index contributed by atoms with van der Waals surface area (Å²) in [4.78, 5) is 14.2. The van der Waals surface area contributed by atoms with E-state index in [4.69, 9.17) is 9.47 Å². The fourth-order valence-corrected chi connectivity index (χ4v) is 3.35. The molecule has 0 spiro atoms. The van der Waals surface area contributed by atoms with Gasteiger partial charge in [-0.25, -0.2) is 8.42 Å². The molecule has 1 saturated heterocycles. The number of hydrogen-bond donors (Lipinski definition) is 1. The van der Waals surface area contributed by atoms with E-state index < -0.39 is 10.0 Å². The molecule has 134 valence electrons. The van der Waals surface area contributed by atoms with Gasteiger partial charge in [-0.2, -0.15) is 4.31 Å². The van der Waals surface area contributed by atoms with Crippen LogP contribution in [-0.2, 0) is 14.8 Å². The van der Waals surface area contributed by atoms with Crippen LogP contribution in [0.15, 0.2) is 18.2 Å². The maximum absolute atomic E-state index is 12.2. The van der Waals surface area contributed by atoms with Gasteiger partial charge in [0, 0.05) is 32.2 Å². The summed E-state index contributed by atoms with van der Waals surface area (Å²) in [7, 11) is -0.0874. The normalized spacial score (nSPS) is 16.6. The van der Waals surface area contributed by atoms with Crippen LogP contribution in [-0.4, -0.2) is 76.7 Å². The number of anilines is 1. The van der Waals surface area contributed by atoms with Gasteiger partial charge in [0.2, 0.25) is 15.9 Å². The Balaban J connectivity index is 1.93. The molecule has 24 heavy (non-hydrogen) atoms. The highest BCUT2D eigenvalue weighted by atomic mass is 32.2. The first-order valence-corrected chi connectivity index (χ1v) is 9.37. The number of rotatable bonds is 6. The Hall–Kier alpha value is -1.84. The number of piperazine rings is 1. The molecule has 2 rings (SSSR count). The van der Waals surface area contributed by atoms with Gasteiger partial charge in [0.05, 0.1) is 32.7 Å². The lowest BCUT2D eigenvalue weighted by Crippen LogP contribution is -2.50. The molecule has 1 aliphatic rings. The smallest absolute Gasteiger partial charge is 0.238 e. The van der Waals surface area contributed by atoms with Crippen LogP contribution in [0.25, 0.3) is 0 Å². The van der Waals surface area contributed by atoms with Gasteiger partial charge in [-0.1, -0.05) is 0 Å². The van der Waals surface area contributed by atoms with E-state index in [1.54, 1.807) is 25.3 Å². The zero-order valence-corrected chi connectivity index (χ0v) is 14.9. The molecule has 1 N–H and O–H groups in total. The minimum absolute atomic E-state index is 0.186. The van der Waals surface area contributed by atoms with Crippen molar-refractivity contribution in [1.82, 2.24) is 9.21 Å². The molecular formula is C15H23N3O5S. The van der Waals surface area contributed by atoms with Crippen molar-refractivity contribution in [3.05, 3.63) is 18.2 Å². The lowest BCUT2D eigenvalue weighted by Gasteiger charge is -2.32. The third kappa shape index (κ3) is 4.83. The number of sulfonamides is 1. The third-order valence-electron chi connectivity index (χ3n) is 3.85. The summed E-state index contributed by atoms with van der Waals surface area (Å²) < 4.78 is 34.8. The van der Waals surface area contributed by atoms with Gasteiger partial charge in [-0.15, -0.1) is 0 Å². The molecule has 1 amide bonds. The second kappa shape index (κ2) is 7.82. The quantitative estimate of drug-likeness (QED) is 0.784. The van der Waals surface area contributed by atoms with Crippen LogP contribution in [0.1, 0.15) is 0 Å². The standard InChI is InChI=1S/C15H23N3O5S/c1-22-12-4-5-14(23-2)13(10-12)16-15(19)11-17-6-8-18(9-7-17)24(3,20)21/h4-5,10H,6-9,11H2,1-3H3,(H,16,19). The van der Waals surface area contributed by atoms with Crippen molar-refractivity contribution >= 4 is 21.6 Å². The highest BCUT2D eigenvalue weighted by Crippen LogP contribution is 2.28. The van der Waals surface area contributed by atoms with E-state index in [2.05, 4.69) is 5.32 Å². The van der Waals surface area contributed by atoms with Crippen molar-refractivity contribution in [3.8, 4) is 11.5 Å². The number of carbonyl (C=O) groups excluding carboxylic acids is 1. The third-order valence-corrected chi connectivity index (χ3v) is 5.15. The van der Waals surface area contributed by atoms with Crippen molar-refractivity contribution in [3.63, 3.8) is 0 Å². The number of nitrogens with zero attached hydrogens (tertiary/aromatic N) is 2. The number of nitrogens with one attached hydrogen (secondary N) is 1. The minimum atomic E-state index is -3.17.